The molecule has 0 N–H and O–H groups in total. The van der Waals surface area contributed by atoms with Crippen molar-refractivity contribution in [3.63, 3.8) is 0 Å². The van der Waals surface area contributed by atoms with E-state index in [-0.39, 0.29) is 5.03 Å². The van der Waals surface area contributed by atoms with Gasteiger partial charge in [-0.15, -0.1) is 0 Å². The molecule has 1 heterocycles. The van der Waals surface area contributed by atoms with Gasteiger partial charge in [0.25, 0.3) is 0 Å². The van der Waals surface area contributed by atoms with Crippen LogP contribution < -0.4 is 0 Å². The minimum Gasteiger partial charge on any atom is -0.339 e. The molecule has 0 bridgehead atoms. The lowest BCUT2D eigenvalue weighted by Gasteiger charge is -1.78. The Labute approximate surface area is 54.1 Å². The first kappa shape index (κ1) is 6.28. The minimum atomic E-state index is -2.51. The summed E-state index contributed by atoms with van der Waals surface area (Å²) in [5.74, 6) is 0. The molecule has 0 saturated heterocycles. The van der Waals surface area contributed by atoms with Crippen molar-refractivity contribution in [3.05, 3.63) is 12.5 Å². The van der Waals surface area contributed by atoms with E-state index in [9.17, 15) is 8.42 Å². The van der Waals surface area contributed by atoms with E-state index in [1.165, 1.54) is 12.5 Å². The molecule has 0 unspecified atom stereocenters. The molecule has 0 aliphatic carbocycles. The average Bonchev–Trinajstić information content (AvgIpc) is 2.14. The van der Waals surface area contributed by atoms with E-state index < -0.39 is 10.7 Å². The predicted molar refractivity (Wildman–Crippen MR) is 31.8 cm³/mol. The van der Waals surface area contributed by atoms with Crippen LogP contribution >= 0.6 is 0 Å². The highest BCUT2D eigenvalue weighted by Gasteiger charge is 1.94. The Balaban J connectivity index is 3.12. The molecule has 0 fully saturated rings. The average molecular weight is 146 g/mol. The normalized spacial score (nSPS) is 10.4. The Hall–Kier alpha value is -0.840. The van der Waals surface area contributed by atoms with Crippen molar-refractivity contribution >= 4 is 10.7 Å². The van der Waals surface area contributed by atoms with Crippen LogP contribution in [0.5, 0.6) is 0 Å². The van der Waals surface area contributed by atoms with Gasteiger partial charge in [-0.3, -0.25) is 0 Å². The van der Waals surface area contributed by atoms with Crippen molar-refractivity contribution in [1.29, 1.82) is 0 Å². The SMILES string of the molecule is Cn1cnc([SH](=O)=O)c1. The fourth-order valence-electron chi connectivity index (χ4n) is 0.493. The van der Waals surface area contributed by atoms with Gasteiger partial charge in [-0.25, -0.2) is 13.4 Å². The van der Waals surface area contributed by atoms with Gasteiger partial charge in [0.15, 0.2) is 15.7 Å². The standard InChI is InChI=1S/C4H6N2O2S/c1-6-2-4(5-3-6)9(7)8/h2-3,9H,1H3. The zero-order chi connectivity index (χ0) is 6.85. The van der Waals surface area contributed by atoms with Crippen LogP contribution in [0.1, 0.15) is 0 Å². The maximum Gasteiger partial charge on any atom is 0.187 e. The van der Waals surface area contributed by atoms with Gasteiger partial charge in [-0.1, -0.05) is 0 Å². The molecule has 0 atom stereocenters. The molecular weight excluding hydrogens is 140 g/mol. The van der Waals surface area contributed by atoms with Crippen molar-refractivity contribution in [2.75, 3.05) is 0 Å². The summed E-state index contributed by atoms with van der Waals surface area (Å²) in [5.41, 5.74) is 0. The number of aromatic nitrogens is 2. The molecule has 9 heavy (non-hydrogen) atoms. The Morgan fingerprint density at radius 2 is 2.33 bits per heavy atom. The summed E-state index contributed by atoms with van der Waals surface area (Å²) in [6, 6.07) is 0. The highest BCUT2D eigenvalue weighted by Crippen LogP contribution is 1.92. The molecule has 5 heteroatoms. The highest BCUT2D eigenvalue weighted by molar-refractivity contribution is 7.72. The summed E-state index contributed by atoms with van der Waals surface area (Å²) in [5, 5.41) is 0.118. The Morgan fingerprint density at radius 3 is 2.56 bits per heavy atom. The van der Waals surface area contributed by atoms with Gasteiger partial charge in [-0.05, 0) is 0 Å². The van der Waals surface area contributed by atoms with Gasteiger partial charge in [-0.2, -0.15) is 0 Å². The van der Waals surface area contributed by atoms with E-state index in [1.807, 2.05) is 0 Å². The Morgan fingerprint density at radius 1 is 1.67 bits per heavy atom. The van der Waals surface area contributed by atoms with Crippen LogP contribution in [0.15, 0.2) is 17.6 Å². The van der Waals surface area contributed by atoms with Crippen molar-refractivity contribution < 1.29 is 8.42 Å². The summed E-state index contributed by atoms with van der Waals surface area (Å²) in [6.45, 7) is 0. The summed E-state index contributed by atoms with van der Waals surface area (Å²) in [6.07, 6.45) is 2.90. The van der Waals surface area contributed by atoms with Crippen LogP contribution in [0.3, 0.4) is 0 Å². The van der Waals surface area contributed by atoms with Crippen molar-refractivity contribution in [2.45, 2.75) is 5.03 Å². The van der Waals surface area contributed by atoms with Gasteiger partial charge >= 0.3 is 0 Å². The molecule has 1 aromatic heterocycles. The fourth-order valence-corrected chi connectivity index (χ4v) is 0.916. The lowest BCUT2D eigenvalue weighted by Crippen LogP contribution is -1.79. The molecule has 1 aromatic rings. The number of imidazole rings is 1. The third-order valence-electron chi connectivity index (χ3n) is 0.878. The fraction of sp³-hybridized carbons (Fsp3) is 0.250. The van der Waals surface area contributed by atoms with E-state index >= 15 is 0 Å². The van der Waals surface area contributed by atoms with Gasteiger partial charge in [0.2, 0.25) is 0 Å². The van der Waals surface area contributed by atoms with Crippen LogP contribution in [0, 0.1) is 0 Å². The monoisotopic (exact) mass is 146 g/mol. The van der Waals surface area contributed by atoms with Crippen molar-refractivity contribution in [3.8, 4) is 0 Å². The zero-order valence-corrected chi connectivity index (χ0v) is 5.71. The van der Waals surface area contributed by atoms with Crippen LogP contribution in [0.25, 0.3) is 0 Å². The maximum atomic E-state index is 10.2. The van der Waals surface area contributed by atoms with Gasteiger partial charge < -0.3 is 4.57 Å². The van der Waals surface area contributed by atoms with Crippen molar-refractivity contribution in [1.82, 2.24) is 9.55 Å². The zero-order valence-electron chi connectivity index (χ0n) is 4.81. The highest BCUT2D eigenvalue weighted by atomic mass is 32.2. The summed E-state index contributed by atoms with van der Waals surface area (Å²) >= 11 is 0. The van der Waals surface area contributed by atoms with E-state index in [4.69, 9.17) is 0 Å². The summed E-state index contributed by atoms with van der Waals surface area (Å²) in [4.78, 5) is 3.58. The van der Waals surface area contributed by atoms with E-state index in [2.05, 4.69) is 4.98 Å². The number of rotatable bonds is 1. The molecule has 0 spiro atoms. The third-order valence-corrected chi connectivity index (χ3v) is 1.48. The number of hydrogen-bond acceptors (Lipinski definition) is 3. The lowest BCUT2D eigenvalue weighted by atomic mass is 10.9. The second-order valence-electron chi connectivity index (χ2n) is 1.65. The number of nitrogens with zero attached hydrogens (tertiary/aromatic N) is 2. The first-order valence-electron chi connectivity index (χ1n) is 2.32. The summed E-state index contributed by atoms with van der Waals surface area (Å²) in [7, 11) is -0.789. The number of hydrogen-bond donors (Lipinski definition) is 1. The smallest absolute Gasteiger partial charge is 0.187 e. The molecule has 0 saturated carbocycles. The first-order valence-corrected chi connectivity index (χ1v) is 3.50. The van der Waals surface area contributed by atoms with Crippen molar-refractivity contribution in [2.24, 2.45) is 7.05 Å². The predicted octanol–water partition coefficient (Wildman–Crippen LogP) is -0.610. The molecule has 1 rings (SSSR count). The van der Waals surface area contributed by atoms with E-state index in [0.29, 0.717) is 0 Å². The lowest BCUT2D eigenvalue weighted by molar-refractivity contribution is 0.612. The first-order chi connectivity index (χ1) is 4.20. The largest absolute Gasteiger partial charge is 0.339 e. The molecule has 0 amide bonds. The minimum absolute atomic E-state index is 0.118. The molecule has 0 aliphatic heterocycles. The number of thiol groups is 1. The van der Waals surface area contributed by atoms with E-state index in [1.54, 1.807) is 11.6 Å². The number of aryl methyl sites for hydroxylation is 1. The molecule has 0 radical (unpaired) electrons. The molecule has 0 aromatic carbocycles. The molecule has 50 valence electrons. The van der Waals surface area contributed by atoms with Gasteiger partial charge in [0, 0.05) is 13.2 Å². The second kappa shape index (κ2) is 2.18. The molecule has 0 aliphatic rings. The van der Waals surface area contributed by atoms with Gasteiger partial charge in [0.1, 0.15) is 0 Å². The Bertz CT molecular complexity index is 268. The van der Waals surface area contributed by atoms with Crippen LogP contribution in [-0.4, -0.2) is 18.0 Å². The quantitative estimate of drug-likeness (QED) is 0.538. The van der Waals surface area contributed by atoms with Crippen LogP contribution in [-0.2, 0) is 17.8 Å². The van der Waals surface area contributed by atoms with E-state index in [0.717, 1.165) is 0 Å². The topological polar surface area (TPSA) is 52.0 Å². The van der Waals surface area contributed by atoms with Crippen LogP contribution in [0.4, 0.5) is 0 Å². The summed E-state index contributed by atoms with van der Waals surface area (Å²) < 4.78 is 21.9. The maximum absolute atomic E-state index is 10.2. The Kier molecular flexibility index (Phi) is 1.52. The molecular formula is C4H6N2O2S. The van der Waals surface area contributed by atoms with Gasteiger partial charge in [0.05, 0.1) is 6.33 Å². The molecule has 4 nitrogen and oxygen atoms in total. The second-order valence-corrected chi connectivity index (χ2v) is 2.63. The third kappa shape index (κ3) is 1.29. The van der Waals surface area contributed by atoms with Crippen LogP contribution in [0.2, 0.25) is 0 Å².